The number of nitrogens with zero attached hydrogens (tertiary/aromatic N) is 1. The Balaban J connectivity index is 2.34. The van der Waals surface area contributed by atoms with Crippen LogP contribution in [0.2, 0.25) is 0 Å². The molecule has 20 heavy (non-hydrogen) atoms. The van der Waals surface area contributed by atoms with Crippen molar-refractivity contribution < 1.29 is 13.2 Å². The molecule has 0 spiro atoms. The van der Waals surface area contributed by atoms with Crippen molar-refractivity contribution in [3.8, 4) is 0 Å². The van der Waals surface area contributed by atoms with Crippen molar-refractivity contribution in [1.82, 2.24) is 10.2 Å². The zero-order valence-corrected chi connectivity index (χ0v) is 12.8. The van der Waals surface area contributed by atoms with Crippen LogP contribution >= 0.6 is 0 Å². The lowest BCUT2D eigenvalue weighted by atomic mass is 9.96. The third-order valence-corrected chi connectivity index (χ3v) is 4.17. The Hall–Kier alpha value is -0.290. The molecule has 2 nitrogen and oxygen atoms in total. The molecule has 1 aliphatic rings. The van der Waals surface area contributed by atoms with Gasteiger partial charge in [-0.1, -0.05) is 6.92 Å². The monoisotopic (exact) mass is 294 g/mol. The fraction of sp³-hybridized carbons (Fsp3) is 1.00. The van der Waals surface area contributed by atoms with Gasteiger partial charge < -0.3 is 10.2 Å². The average Bonchev–Trinajstić information content (AvgIpc) is 2.38. The highest BCUT2D eigenvalue weighted by Crippen LogP contribution is 2.24. The minimum Gasteiger partial charge on any atom is -0.317 e. The predicted octanol–water partition coefficient (Wildman–Crippen LogP) is 3.82. The van der Waals surface area contributed by atoms with Gasteiger partial charge in [-0.15, -0.1) is 0 Å². The lowest BCUT2D eigenvalue weighted by molar-refractivity contribution is -0.136. The van der Waals surface area contributed by atoms with Crippen LogP contribution in [0.5, 0.6) is 0 Å². The van der Waals surface area contributed by atoms with Crippen molar-refractivity contribution in [2.24, 2.45) is 5.92 Å². The molecule has 1 aliphatic heterocycles. The van der Waals surface area contributed by atoms with E-state index in [4.69, 9.17) is 0 Å². The van der Waals surface area contributed by atoms with Crippen molar-refractivity contribution in [2.45, 2.75) is 64.6 Å². The van der Waals surface area contributed by atoms with Crippen LogP contribution in [0.15, 0.2) is 0 Å². The lowest BCUT2D eigenvalue weighted by Gasteiger charge is -2.34. The summed E-state index contributed by atoms with van der Waals surface area (Å²) in [5.41, 5.74) is 0. The summed E-state index contributed by atoms with van der Waals surface area (Å²) in [5, 5.41) is 3.36. The second-order valence-electron chi connectivity index (χ2n) is 6.04. The molecule has 1 atom stereocenters. The van der Waals surface area contributed by atoms with Gasteiger partial charge >= 0.3 is 6.18 Å². The van der Waals surface area contributed by atoms with Crippen LogP contribution in [-0.4, -0.2) is 43.3 Å². The van der Waals surface area contributed by atoms with E-state index < -0.39 is 12.6 Å². The van der Waals surface area contributed by atoms with E-state index in [2.05, 4.69) is 24.1 Å². The largest absolute Gasteiger partial charge is 0.389 e. The van der Waals surface area contributed by atoms with Gasteiger partial charge in [0.15, 0.2) is 0 Å². The minimum absolute atomic E-state index is 0.247. The van der Waals surface area contributed by atoms with E-state index in [0.29, 0.717) is 12.3 Å². The van der Waals surface area contributed by atoms with Gasteiger partial charge in [-0.3, -0.25) is 0 Å². The van der Waals surface area contributed by atoms with E-state index in [1.54, 1.807) is 0 Å². The topological polar surface area (TPSA) is 15.3 Å². The Morgan fingerprint density at radius 2 is 1.90 bits per heavy atom. The third-order valence-electron chi connectivity index (χ3n) is 4.17. The van der Waals surface area contributed by atoms with Gasteiger partial charge in [0.25, 0.3) is 0 Å². The van der Waals surface area contributed by atoms with Crippen molar-refractivity contribution in [1.29, 1.82) is 0 Å². The molecule has 0 aliphatic carbocycles. The molecule has 1 heterocycles. The summed E-state index contributed by atoms with van der Waals surface area (Å²) in [6.45, 7) is 8.41. The number of alkyl halides is 3. The molecule has 0 saturated carbocycles. The van der Waals surface area contributed by atoms with Gasteiger partial charge in [-0.25, -0.2) is 0 Å². The van der Waals surface area contributed by atoms with Crippen molar-refractivity contribution in [3.05, 3.63) is 0 Å². The Kier molecular flexibility index (Phi) is 7.88. The minimum atomic E-state index is -4.01. The van der Waals surface area contributed by atoms with Crippen molar-refractivity contribution in [2.75, 3.05) is 26.2 Å². The van der Waals surface area contributed by atoms with Gasteiger partial charge in [-0.2, -0.15) is 13.2 Å². The molecule has 0 aromatic heterocycles. The van der Waals surface area contributed by atoms with Gasteiger partial charge in [0.1, 0.15) is 0 Å². The van der Waals surface area contributed by atoms with Crippen LogP contribution in [-0.2, 0) is 0 Å². The summed E-state index contributed by atoms with van der Waals surface area (Å²) in [7, 11) is 0. The predicted molar refractivity (Wildman–Crippen MR) is 76.8 cm³/mol. The number of nitrogens with one attached hydrogen (secondary N) is 1. The SMILES string of the molecule is CCCN(CC1CCNCC1)C(C)CCCC(F)(F)F. The maximum Gasteiger partial charge on any atom is 0.389 e. The van der Waals surface area contributed by atoms with Crippen LogP contribution in [0, 0.1) is 5.92 Å². The first-order chi connectivity index (χ1) is 9.42. The normalized spacial score (nSPS) is 19.5. The third kappa shape index (κ3) is 7.48. The van der Waals surface area contributed by atoms with Crippen LogP contribution < -0.4 is 5.32 Å². The molecule has 1 rings (SSSR count). The summed E-state index contributed by atoms with van der Waals surface area (Å²) in [6, 6.07) is 0.257. The summed E-state index contributed by atoms with van der Waals surface area (Å²) < 4.78 is 36.6. The Labute approximate surface area is 121 Å². The van der Waals surface area contributed by atoms with E-state index in [0.717, 1.165) is 32.6 Å². The molecule has 5 heteroatoms. The molecule has 120 valence electrons. The quantitative estimate of drug-likeness (QED) is 0.732. The molecule has 1 fully saturated rings. The van der Waals surface area contributed by atoms with Gasteiger partial charge in [0.05, 0.1) is 0 Å². The molecule has 1 unspecified atom stereocenters. The molecule has 0 aromatic rings. The summed E-state index contributed by atoms with van der Waals surface area (Å²) in [5.74, 6) is 0.702. The second-order valence-corrected chi connectivity index (χ2v) is 6.04. The number of hydrogen-bond acceptors (Lipinski definition) is 2. The molecule has 1 saturated heterocycles. The highest BCUT2D eigenvalue weighted by atomic mass is 19.4. The molecule has 1 N–H and O–H groups in total. The number of piperidine rings is 1. The number of rotatable bonds is 8. The van der Waals surface area contributed by atoms with E-state index in [1.165, 1.54) is 12.8 Å². The first kappa shape index (κ1) is 17.8. The highest BCUT2D eigenvalue weighted by molar-refractivity contribution is 4.76. The molecular formula is C15H29F3N2. The van der Waals surface area contributed by atoms with Crippen LogP contribution in [0.25, 0.3) is 0 Å². The van der Waals surface area contributed by atoms with E-state index in [-0.39, 0.29) is 12.5 Å². The Morgan fingerprint density at radius 1 is 1.25 bits per heavy atom. The standard InChI is InChI=1S/C15H29F3N2/c1-3-11-20(12-14-6-9-19-10-7-14)13(2)5-4-8-15(16,17)18/h13-14,19H,3-12H2,1-2H3. The molecule has 0 bridgehead atoms. The summed E-state index contributed by atoms with van der Waals surface area (Å²) in [6.07, 6.45) is -0.323. The fourth-order valence-electron chi connectivity index (χ4n) is 2.96. The number of hydrogen-bond donors (Lipinski definition) is 1. The molecular weight excluding hydrogens is 265 g/mol. The summed E-state index contributed by atoms with van der Waals surface area (Å²) in [4.78, 5) is 2.40. The highest BCUT2D eigenvalue weighted by Gasteiger charge is 2.27. The smallest absolute Gasteiger partial charge is 0.317 e. The lowest BCUT2D eigenvalue weighted by Crippen LogP contribution is -2.41. The first-order valence-electron chi connectivity index (χ1n) is 7.94. The number of halogens is 3. The molecule has 0 amide bonds. The van der Waals surface area contributed by atoms with Gasteiger partial charge in [0.2, 0.25) is 0 Å². The average molecular weight is 294 g/mol. The Bertz CT molecular complexity index is 250. The van der Waals surface area contributed by atoms with Gasteiger partial charge in [-0.05, 0) is 64.6 Å². The van der Waals surface area contributed by atoms with Crippen molar-refractivity contribution >= 4 is 0 Å². The summed E-state index contributed by atoms with van der Waals surface area (Å²) >= 11 is 0. The zero-order chi connectivity index (χ0) is 15.0. The molecule has 0 radical (unpaired) electrons. The maximum absolute atomic E-state index is 12.2. The van der Waals surface area contributed by atoms with Crippen molar-refractivity contribution in [3.63, 3.8) is 0 Å². The maximum atomic E-state index is 12.2. The zero-order valence-electron chi connectivity index (χ0n) is 12.8. The van der Waals surface area contributed by atoms with E-state index >= 15 is 0 Å². The van der Waals surface area contributed by atoms with Gasteiger partial charge in [0, 0.05) is 19.0 Å². The fourth-order valence-corrected chi connectivity index (χ4v) is 2.96. The second kappa shape index (κ2) is 8.88. The molecule has 0 aromatic carbocycles. The van der Waals surface area contributed by atoms with E-state index in [1.807, 2.05) is 0 Å². The Morgan fingerprint density at radius 3 is 2.45 bits per heavy atom. The first-order valence-corrected chi connectivity index (χ1v) is 7.94. The van der Waals surface area contributed by atoms with E-state index in [9.17, 15) is 13.2 Å². The van der Waals surface area contributed by atoms with Crippen LogP contribution in [0.4, 0.5) is 13.2 Å². The van der Waals surface area contributed by atoms with Crippen LogP contribution in [0.3, 0.4) is 0 Å². The van der Waals surface area contributed by atoms with Crippen LogP contribution in [0.1, 0.15) is 52.4 Å².